The van der Waals surface area contributed by atoms with Crippen molar-refractivity contribution in [1.82, 2.24) is 10.2 Å². The Morgan fingerprint density at radius 1 is 1.36 bits per heavy atom. The number of hydrogen-bond donors (Lipinski definition) is 2. The van der Waals surface area contributed by atoms with Gasteiger partial charge in [-0.15, -0.1) is 11.8 Å². The average molecular weight is 321 g/mol. The number of anilines is 1. The number of hydrogen-bond acceptors (Lipinski definition) is 4. The second kappa shape index (κ2) is 7.84. The highest BCUT2D eigenvalue weighted by Gasteiger charge is 2.20. The Labute approximate surface area is 133 Å². The summed E-state index contributed by atoms with van der Waals surface area (Å²) in [7, 11) is 0. The van der Waals surface area contributed by atoms with Crippen LogP contribution in [0.3, 0.4) is 0 Å². The first kappa shape index (κ1) is 16.4. The summed E-state index contributed by atoms with van der Waals surface area (Å²) in [4.78, 5) is 37.3. The van der Waals surface area contributed by atoms with Gasteiger partial charge in [-0.1, -0.05) is 12.1 Å². The molecule has 6 nitrogen and oxygen atoms in total. The van der Waals surface area contributed by atoms with E-state index in [-0.39, 0.29) is 30.0 Å². The highest BCUT2D eigenvalue weighted by atomic mass is 32.2. The number of amides is 3. The first-order valence-corrected chi connectivity index (χ1v) is 8.08. The van der Waals surface area contributed by atoms with Crippen LogP contribution in [0.25, 0.3) is 0 Å². The van der Waals surface area contributed by atoms with Gasteiger partial charge >= 0.3 is 0 Å². The lowest BCUT2D eigenvalue weighted by molar-refractivity contribution is -0.133. The predicted octanol–water partition coefficient (Wildman–Crippen LogP) is 1.09. The van der Waals surface area contributed by atoms with Crippen LogP contribution in [0.4, 0.5) is 5.69 Å². The highest BCUT2D eigenvalue weighted by molar-refractivity contribution is 8.00. The molecule has 0 spiro atoms. The third-order valence-corrected chi connectivity index (χ3v) is 4.22. The van der Waals surface area contributed by atoms with Gasteiger partial charge in [-0.2, -0.15) is 0 Å². The molecule has 0 aliphatic carbocycles. The lowest BCUT2D eigenvalue weighted by Crippen LogP contribution is -2.38. The van der Waals surface area contributed by atoms with E-state index in [2.05, 4.69) is 10.6 Å². The Kier molecular flexibility index (Phi) is 5.83. The number of carbonyl (C=O) groups excluding carboxylic acids is 3. The fourth-order valence-electron chi connectivity index (χ4n) is 2.14. The third-order valence-electron chi connectivity index (χ3n) is 3.16. The number of nitrogens with zero attached hydrogens (tertiary/aromatic N) is 1. The maximum absolute atomic E-state index is 12.2. The summed E-state index contributed by atoms with van der Waals surface area (Å²) < 4.78 is 0. The molecular formula is C15H19N3O3S. The van der Waals surface area contributed by atoms with E-state index >= 15 is 0 Å². The van der Waals surface area contributed by atoms with E-state index < -0.39 is 0 Å². The highest BCUT2D eigenvalue weighted by Crippen LogP contribution is 2.27. The topological polar surface area (TPSA) is 78.5 Å². The number of thioether (sulfide) groups is 1. The smallest absolute Gasteiger partial charge is 0.239 e. The fourth-order valence-corrected chi connectivity index (χ4v) is 3.05. The third kappa shape index (κ3) is 4.77. The van der Waals surface area contributed by atoms with Gasteiger partial charge in [-0.05, 0) is 18.6 Å². The Hall–Kier alpha value is -2.02. The molecule has 1 aromatic rings. The van der Waals surface area contributed by atoms with E-state index in [0.29, 0.717) is 18.8 Å². The second-order valence-electron chi connectivity index (χ2n) is 4.98. The maximum atomic E-state index is 12.2. The molecule has 7 heteroatoms. The van der Waals surface area contributed by atoms with Crippen molar-refractivity contribution in [2.75, 3.05) is 30.7 Å². The van der Waals surface area contributed by atoms with Crippen LogP contribution in [0.15, 0.2) is 29.2 Å². The van der Waals surface area contributed by atoms with Crippen molar-refractivity contribution in [3.63, 3.8) is 0 Å². The van der Waals surface area contributed by atoms with Gasteiger partial charge in [-0.25, -0.2) is 0 Å². The predicted molar refractivity (Wildman–Crippen MR) is 85.7 cm³/mol. The molecule has 0 atom stereocenters. The number of rotatable bonds is 4. The molecule has 22 heavy (non-hydrogen) atoms. The standard InChI is InChI=1S/C15H19N3O3S/c1-11(19)17-12-5-2-3-6-13(12)22-10-15(21)18-8-4-7-16-14(20)9-18/h2-3,5-6H,4,7-10H2,1H3,(H,16,20)(H,17,19). The largest absolute Gasteiger partial charge is 0.354 e. The molecule has 0 saturated carbocycles. The summed E-state index contributed by atoms with van der Waals surface area (Å²) in [6, 6.07) is 7.35. The van der Waals surface area contributed by atoms with Gasteiger partial charge in [0.05, 0.1) is 18.0 Å². The van der Waals surface area contributed by atoms with E-state index in [4.69, 9.17) is 0 Å². The lowest BCUT2D eigenvalue weighted by atomic mass is 10.3. The molecule has 1 aliphatic rings. The number of benzene rings is 1. The summed E-state index contributed by atoms with van der Waals surface area (Å²) in [5, 5.41) is 5.49. The quantitative estimate of drug-likeness (QED) is 0.814. The maximum Gasteiger partial charge on any atom is 0.239 e. The van der Waals surface area contributed by atoms with Crippen molar-refractivity contribution < 1.29 is 14.4 Å². The van der Waals surface area contributed by atoms with Gasteiger partial charge in [0, 0.05) is 24.9 Å². The van der Waals surface area contributed by atoms with E-state index in [1.807, 2.05) is 18.2 Å². The molecule has 2 N–H and O–H groups in total. The van der Waals surface area contributed by atoms with Crippen LogP contribution in [0.5, 0.6) is 0 Å². The van der Waals surface area contributed by atoms with Gasteiger partial charge in [0.15, 0.2) is 0 Å². The Bertz CT molecular complexity index is 577. The van der Waals surface area contributed by atoms with Crippen LogP contribution < -0.4 is 10.6 Å². The van der Waals surface area contributed by atoms with Crippen molar-refractivity contribution in [2.45, 2.75) is 18.2 Å². The number of nitrogens with one attached hydrogen (secondary N) is 2. The zero-order chi connectivity index (χ0) is 15.9. The molecule has 1 aliphatic heterocycles. The normalized spacial score (nSPS) is 15.0. The van der Waals surface area contributed by atoms with Crippen LogP contribution in [0, 0.1) is 0 Å². The summed E-state index contributed by atoms with van der Waals surface area (Å²) in [5.74, 6) is -0.0955. The Balaban J connectivity index is 1.96. The monoisotopic (exact) mass is 321 g/mol. The minimum absolute atomic E-state index is 0.0697. The molecule has 1 fully saturated rings. The van der Waals surface area contributed by atoms with Crippen LogP contribution in [-0.4, -0.2) is 48.0 Å². The zero-order valence-electron chi connectivity index (χ0n) is 12.4. The second-order valence-corrected chi connectivity index (χ2v) is 6.00. The first-order chi connectivity index (χ1) is 10.6. The average Bonchev–Trinajstić information content (AvgIpc) is 2.70. The Morgan fingerprint density at radius 3 is 2.91 bits per heavy atom. The van der Waals surface area contributed by atoms with Gasteiger partial charge in [0.25, 0.3) is 0 Å². The minimum atomic E-state index is -0.149. The van der Waals surface area contributed by atoms with E-state index in [0.717, 1.165) is 11.3 Å². The van der Waals surface area contributed by atoms with Crippen LogP contribution in [-0.2, 0) is 14.4 Å². The molecule has 1 saturated heterocycles. The SMILES string of the molecule is CC(=O)Nc1ccccc1SCC(=O)N1CCCNC(=O)C1. The summed E-state index contributed by atoms with van der Waals surface area (Å²) in [5.41, 5.74) is 0.696. The van der Waals surface area contributed by atoms with Gasteiger partial charge < -0.3 is 15.5 Å². The van der Waals surface area contributed by atoms with E-state index in [1.165, 1.54) is 18.7 Å². The first-order valence-electron chi connectivity index (χ1n) is 7.10. The van der Waals surface area contributed by atoms with Gasteiger partial charge in [0.2, 0.25) is 17.7 Å². The van der Waals surface area contributed by atoms with E-state index in [9.17, 15) is 14.4 Å². The van der Waals surface area contributed by atoms with Gasteiger partial charge in [0.1, 0.15) is 0 Å². The van der Waals surface area contributed by atoms with Crippen LogP contribution >= 0.6 is 11.8 Å². The molecule has 1 heterocycles. The van der Waals surface area contributed by atoms with Gasteiger partial charge in [-0.3, -0.25) is 14.4 Å². The van der Waals surface area contributed by atoms with Crippen molar-refractivity contribution in [2.24, 2.45) is 0 Å². The number of carbonyl (C=O) groups is 3. The molecule has 118 valence electrons. The molecule has 1 aromatic carbocycles. The molecule has 2 rings (SSSR count). The summed E-state index contributed by atoms with van der Waals surface area (Å²) in [6.07, 6.45) is 0.768. The molecule has 3 amide bonds. The number of para-hydroxylation sites is 1. The molecule has 0 unspecified atom stereocenters. The van der Waals surface area contributed by atoms with Crippen molar-refractivity contribution in [3.05, 3.63) is 24.3 Å². The van der Waals surface area contributed by atoms with Crippen LogP contribution in [0.1, 0.15) is 13.3 Å². The van der Waals surface area contributed by atoms with Crippen molar-refractivity contribution in [1.29, 1.82) is 0 Å². The molecule has 0 aromatic heterocycles. The summed E-state index contributed by atoms with van der Waals surface area (Å²) in [6.45, 7) is 2.77. The van der Waals surface area contributed by atoms with E-state index in [1.54, 1.807) is 11.0 Å². The fraction of sp³-hybridized carbons (Fsp3) is 0.400. The van der Waals surface area contributed by atoms with Crippen molar-refractivity contribution >= 4 is 35.2 Å². The lowest BCUT2D eigenvalue weighted by Gasteiger charge is -2.19. The minimum Gasteiger partial charge on any atom is -0.354 e. The molecule has 0 bridgehead atoms. The molecule has 0 radical (unpaired) electrons. The zero-order valence-corrected chi connectivity index (χ0v) is 13.2. The van der Waals surface area contributed by atoms with Crippen LogP contribution in [0.2, 0.25) is 0 Å². The summed E-state index contributed by atoms with van der Waals surface area (Å²) >= 11 is 1.36. The molecular weight excluding hydrogens is 302 g/mol. The Morgan fingerprint density at radius 2 is 2.14 bits per heavy atom. The van der Waals surface area contributed by atoms with Crippen molar-refractivity contribution in [3.8, 4) is 0 Å².